The Labute approximate surface area is 307 Å². The summed E-state index contributed by atoms with van der Waals surface area (Å²) in [7, 11) is 3.22. The number of aryl methyl sites for hydroxylation is 2. The lowest BCUT2D eigenvalue weighted by Crippen LogP contribution is -2.46. The van der Waals surface area contributed by atoms with Crippen molar-refractivity contribution >= 4 is 51.8 Å². The second-order valence-corrected chi connectivity index (χ2v) is 13.1. The van der Waals surface area contributed by atoms with Crippen LogP contribution in [0.1, 0.15) is 30.3 Å². The van der Waals surface area contributed by atoms with E-state index in [0.717, 1.165) is 77.4 Å². The number of anilines is 3. The number of nitrogens with zero attached hydrogens (tertiary/aromatic N) is 7. The van der Waals surface area contributed by atoms with E-state index in [2.05, 4.69) is 69.4 Å². The molecule has 13 heteroatoms. The van der Waals surface area contributed by atoms with Crippen LogP contribution < -0.4 is 26.2 Å². The molecule has 0 radical (unpaired) electrons. The molecule has 1 amide bonds. The number of guanidine groups is 1. The summed E-state index contributed by atoms with van der Waals surface area (Å²) in [6.07, 6.45) is 4.80. The zero-order valence-corrected chi connectivity index (χ0v) is 30.4. The first-order valence-corrected chi connectivity index (χ1v) is 17.8. The number of aromatic nitrogens is 3. The molecule has 52 heavy (non-hydrogen) atoms. The molecule has 1 aliphatic carbocycles. The van der Waals surface area contributed by atoms with E-state index in [-0.39, 0.29) is 5.91 Å². The second-order valence-electron chi connectivity index (χ2n) is 12.8. The van der Waals surface area contributed by atoms with Crippen LogP contribution in [0.25, 0.3) is 11.2 Å². The summed E-state index contributed by atoms with van der Waals surface area (Å²) in [4.78, 5) is 26.5. The van der Waals surface area contributed by atoms with Crippen LogP contribution in [0.2, 0.25) is 0 Å². The van der Waals surface area contributed by atoms with E-state index < -0.39 is 0 Å². The number of piperazine rings is 1. The first-order chi connectivity index (χ1) is 25.4. The molecule has 268 valence electrons. The average molecular weight is 720 g/mol. The van der Waals surface area contributed by atoms with Gasteiger partial charge in [0.15, 0.2) is 5.65 Å². The molecule has 4 heterocycles. The molecule has 1 saturated heterocycles. The highest BCUT2D eigenvalue weighted by atomic mass is 35.5. The van der Waals surface area contributed by atoms with Crippen LogP contribution in [0.15, 0.2) is 99.9 Å². The number of allylic oxidation sites excluding steroid dienone is 3. The number of hydrogen-bond donors (Lipinski definition) is 2. The van der Waals surface area contributed by atoms with Gasteiger partial charge in [-0.25, -0.2) is 4.99 Å². The lowest BCUT2D eigenvalue weighted by molar-refractivity contribution is -0.111. The molecule has 4 aromatic rings. The number of halogens is 1. The maximum Gasteiger partial charge on any atom is 0.247 e. The largest absolute Gasteiger partial charge is 0.501 e. The fraction of sp³-hybridized carbons (Fsp3) is 0.308. The third-order valence-electron chi connectivity index (χ3n) is 9.68. The van der Waals surface area contributed by atoms with Gasteiger partial charge >= 0.3 is 0 Å². The van der Waals surface area contributed by atoms with Crippen LogP contribution in [0.5, 0.6) is 0 Å². The molecule has 0 bridgehead atoms. The SMILES string of the molecule is C=CC(=O)Nc1ccc(CCc2nnc3c(=C4CC(OC)=CC(OC)=C4Cl)cc4c(n23)=NC(Nc2ccc(N3CCN(CC)CC3)cc2)=NC4)cc1. The minimum Gasteiger partial charge on any atom is -0.501 e. The van der Waals surface area contributed by atoms with Crippen LogP contribution in [-0.4, -0.2) is 78.3 Å². The van der Waals surface area contributed by atoms with E-state index in [9.17, 15) is 4.79 Å². The monoisotopic (exact) mass is 719 g/mol. The molecule has 0 spiro atoms. The number of fused-ring (bicyclic) bond motifs is 3. The van der Waals surface area contributed by atoms with Gasteiger partial charge in [-0.3, -0.25) is 9.20 Å². The molecule has 0 atom stereocenters. The molecule has 1 fully saturated rings. The van der Waals surface area contributed by atoms with E-state index in [4.69, 9.17) is 36.2 Å². The number of methoxy groups -OCH3 is 2. The Balaban J connectivity index is 1.23. The van der Waals surface area contributed by atoms with Gasteiger partial charge in [0.2, 0.25) is 11.9 Å². The summed E-state index contributed by atoms with van der Waals surface area (Å²) in [6, 6.07) is 18.3. The fourth-order valence-corrected chi connectivity index (χ4v) is 7.01. The quantitative estimate of drug-likeness (QED) is 0.229. The Kier molecular flexibility index (Phi) is 10.4. The van der Waals surface area contributed by atoms with Crippen LogP contribution >= 0.6 is 11.6 Å². The summed E-state index contributed by atoms with van der Waals surface area (Å²) >= 11 is 6.94. The maximum atomic E-state index is 11.7. The first kappa shape index (κ1) is 35.0. The summed E-state index contributed by atoms with van der Waals surface area (Å²) in [6.45, 7) is 11.4. The minimum absolute atomic E-state index is 0.251. The molecule has 0 saturated carbocycles. The summed E-state index contributed by atoms with van der Waals surface area (Å²) in [5.41, 5.74) is 7.01. The van der Waals surface area contributed by atoms with Gasteiger partial charge in [-0.2, -0.15) is 4.99 Å². The number of carbonyl (C=O) groups is 1. The van der Waals surface area contributed by atoms with Gasteiger partial charge in [0.05, 0.1) is 25.8 Å². The van der Waals surface area contributed by atoms with Crippen molar-refractivity contribution in [3.05, 3.63) is 118 Å². The van der Waals surface area contributed by atoms with Gasteiger partial charge in [0.1, 0.15) is 22.8 Å². The zero-order chi connectivity index (χ0) is 36.2. The summed E-state index contributed by atoms with van der Waals surface area (Å²) < 4.78 is 13.3. The van der Waals surface area contributed by atoms with Crippen molar-refractivity contribution in [1.29, 1.82) is 0 Å². The van der Waals surface area contributed by atoms with Crippen molar-refractivity contribution in [2.24, 2.45) is 9.98 Å². The number of aliphatic imine (C=N–C) groups is 1. The van der Waals surface area contributed by atoms with Crippen molar-refractivity contribution < 1.29 is 14.3 Å². The van der Waals surface area contributed by atoms with Crippen molar-refractivity contribution in [2.75, 3.05) is 62.5 Å². The van der Waals surface area contributed by atoms with E-state index in [1.165, 1.54) is 11.8 Å². The Morgan fingerprint density at radius 3 is 2.42 bits per heavy atom. The summed E-state index contributed by atoms with van der Waals surface area (Å²) in [5.74, 6) is 2.26. The van der Waals surface area contributed by atoms with Crippen molar-refractivity contribution in [3.8, 4) is 0 Å². The number of amides is 1. The Bertz CT molecular complexity index is 2220. The normalized spacial score (nSPS) is 17.2. The molecular weight excluding hydrogens is 678 g/mol. The van der Waals surface area contributed by atoms with E-state index in [1.807, 2.05) is 28.7 Å². The smallest absolute Gasteiger partial charge is 0.247 e. The van der Waals surface area contributed by atoms with Gasteiger partial charge in [-0.05, 0) is 72.6 Å². The number of carbonyl (C=O) groups excluding carboxylic acids is 1. The predicted molar refractivity (Wildman–Crippen MR) is 205 cm³/mol. The third-order valence-corrected chi connectivity index (χ3v) is 10.1. The Morgan fingerprint density at radius 1 is 0.981 bits per heavy atom. The van der Waals surface area contributed by atoms with Gasteiger partial charge < -0.3 is 29.9 Å². The summed E-state index contributed by atoms with van der Waals surface area (Å²) in [5, 5.41) is 16.9. The molecule has 2 aromatic heterocycles. The molecule has 3 aliphatic rings. The van der Waals surface area contributed by atoms with Gasteiger partial charge in [0.25, 0.3) is 0 Å². The Hall–Kier alpha value is -5.46. The number of benzene rings is 2. The molecule has 0 unspecified atom stereocenters. The minimum atomic E-state index is -0.251. The van der Waals surface area contributed by atoms with Gasteiger partial charge in [-0.15, -0.1) is 10.2 Å². The average Bonchev–Trinajstić information content (AvgIpc) is 3.62. The van der Waals surface area contributed by atoms with Crippen LogP contribution in [0.4, 0.5) is 17.1 Å². The van der Waals surface area contributed by atoms with Crippen LogP contribution in [-0.2, 0) is 33.7 Å². The van der Waals surface area contributed by atoms with E-state index >= 15 is 0 Å². The first-order valence-electron chi connectivity index (χ1n) is 17.4. The fourth-order valence-electron chi connectivity index (χ4n) is 6.71. The van der Waals surface area contributed by atoms with E-state index in [0.29, 0.717) is 53.9 Å². The topological polar surface area (TPSA) is 121 Å². The second kappa shape index (κ2) is 15.4. The molecular formula is C39H42ClN9O3. The molecule has 2 aliphatic heterocycles. The standard InChI is InChI=1S/C39H42ClN9O3/c1-5-35(50)42-27-10-7-25(8-11-27)9-16-34-45-46-38-32(31-22-30(51-3)23-33(52-4)36(31)40)21-26-24-41-39(44-37(26)49(34)38)43-28-12-14-29(15-13-28)48-19-17-47(6-2)18-20-48/h5,7-8,10-15,21,23H,1,6,9,16-20,22,24H2,2-4H3,(H,41,43)(H,42,50). The predicted octanol–water partition coefficient (Wildman–Crippen LogP) is 4.56. The highest BCUT2D eigenvalue weighted by molar-refractivity contribution is 6.36. The van der Waals surface area contributed by atoms with E-state index in [1.54, 1.807) is 20.3 Å². The highest BCUT2D eigenvalue weighted by Gasteiger charge is 2.23. The molecule has 12 nitrogen and oxygen atoms in total. The van der Waals surface area contributed by atoms with Crippen LogP contribution in [0, 0.1) is 0 Å². The number of pyridine rings is 1. The molecule has 2 N–H and O–H groups in total. The number of ether oxygens (including phenoxy) is 2. The lowest BCUT2D eigenvalue weighted by Gasteiger charge is -2.35. The third kappa shape index (κ3) is 7.30. The molecule has 2 aromatic carbocycles. The lowest BCUT2D eigenvalue weighted by atomic mass is 10.0. The van der Waals surface area contributed by atoms with Crippen LogP contribution in [0.3, 0.4) is 0 Å². The van der Waals surface area contributed by atoms with Crippen molar-refractivity contribution in [2.45, 2.75) is 32.7 Å². The van der Waals surface area contributed by atoms with Gasteiger partial charge in [0, 0.05) is 72.9 Å². The van der Waals surface area contributed by atoms with Gasteiger partial charge in [-0.1, -0.05) is 37.2 Å². The zero-order valence-electron chi connectivity index (χ0n) is 29.7. The van der Waals surface area contributed by atoms with Crippen molar-refractivity contribution in [1.82, 2.24) is 19.5 Å². The number of nitrogens with one attached hydrogen (secondary N) is 2. The maximum absolute atomic E-state index is 11.7. The Morgan fingerprint density at radius 2 is 1.73 bits per heavy atom. The molecule has 7 rings (SSSR count). The number of rotatable bonds is 10. The highest BCUT2D eigenvalue weighted by Crippen LogP contribution is 2.33. The van der Waals surface area contributed by atoms with Crippen molar-refractivity contribution in [3.63, 3.8) is 0 Å². The number of hydrogen-bond acceptors (Lipinski definition) is 10. The number of likely N-dealkylation sites (N-methyl/N-ethyl adjacent to an activating group) is 1.